The molecule has 0 unspecified atom stereocenters. The summed E-state index contributed by atoms with van der Waals surface area (Å²) in [4.78, 5) is 12.7. The van der Waals surface area contributed by atoms with Gasteiger partial charge in [-0.3, -0.25) is 4.79 Å². The zero-order valence-corrected chi connectivity index (χ0v) is 14.3. The summed E-state index contributed by atoms with van der Waals surface area (Å²) in [5.41, 5.74) is 1.60. The molecule has 2 rings (SSSR count). The van der Waals surface area contributed by atoms with Crippen molar-refractivity contribution in [2.75, 3.05) is 13.1 Å². The van der Waals surface area contributed by atoms with Crippen molar-refractivity contribution >= 4 is 5.91 Å². The van der Waals surface area contributed by atoms with E-state index in [4.69, 9.17) is 0 Å². The van der Waals surface area contributed by atoms with Gasteiger partial charge in [-0.2, -0.15) is 0 Å². The molecule has 2 nitrogen and oxygen atoms in total. The molecule has 2 heteroatoms. The van der Waals surface area contributed by atoms with Crippen LogP contribution in [0.2, 0.25) is 0 Å². The van der Waals surface area contributed by atoms with Gasteiger partial charge in [-0.1, -0.05) is 55.9 Å². The summed E-state index contributed by atoms with van der Waals surface area (Å²) in [5.74, 6) is 0.914. The van der Waals surface area contributed by atoms with Crippen LogP contribution in [0.5, 0.6) is 0 Å². The first kappa shape index (κ1) is 19.5. The molecule has 0 atom stereocenters. The summed E-state index contributed by atoms with van der Waals surface area (Å²) >= 11 is 0. The lowest BCUT2D eigenvalue weighted by atomic mass is 9.76. The Morgan fingerprint density at radius 3 is 1.60 bits per heavy atom. The van der Waals surface area contributed by atoms with E-state index >= 15 is 0 Å². The molecule has 20 heavy (non-hydrogen) atoms. The molecule has 1 aliphatic carbocycles. The molecular formula is C18H37NO. The summed E-state index contributed by atoms with van der Waals surface area (Å²) < 4.78 is 0. The fourth-order valence-electron chi connectivity index (χ4n) is 2.22. The summed E-state index contributed by atoms with van der Waals surface area (Å²) in [5, 5.41) is 0. The summed E-state index contributed by atoms with van der Waals surface area (Å²) in [6, 6.07) is 0. The largest absolute Gasteiger partial charge is 0.342 e. The van der Waals surface area contributed by atoms with Crippen molar-refractivity contribution < 1.29 is 4.79 Å². The highest BCUT2D eigenvalue weighted by Gasteiger charge is 2.47. The summed E-state index contributed by atoms with van der Waals surface area (Å²) in [6.45, 7) is 19.6. The quantitative estimate of drug-likeness (QED) is 0.614. The molecule has 2 fully saturated rings. The van der Waals surface area contributed by atoms with Gasteiger partial charge in [0.2, 0.25) is 5.91 Å². The number of rotatable bonds is 0. The van der Waals surface area contributed by atoms with Crippen molar-refractivity contribution in [3.05, 3.63) is 0 Å². The van der Waals surface area contributed by atoms with Gasteiger partial charge in [0, 0.05) is 20.0 Å². The Morgan fingerprint density at radius 2 is 1.45 bits per heavy atom. The molecule has 2 aliphatic rings. The number of nitrogens with zero attached hydrogens (tertiary/aromatic N) is 1. The lowest BCUT2D eigenvalue weighted by Gasteiger charge is -2.45. The first-order valence-corrected chi connectivity index (χ1v) is 7.62. The third-order valence-corrected chi connectivity index (χ3v) is 5.36. The average molecular weight is 284 g/mol. The van der Waals surface area contributed by atoms with Gasteiger partial charge < -0.3 is 4.90 Å². The zero-order valence-electron chi connectivity index (χ0n) is 14.3. The Kier molecular flexibility index (Phi) is 5.91. The van der Waals surface area contributed by atoms with E-state index in [9.17, 15) is 4.79 Å². The Labute approximate surface area is 127 Å². The molecule has 0 N–H and O–H groups in total. The van der Waals surface area contributed by atoms with E-state index in [1.165, 1.54) is 12.8 Å². The smallest absolute Gasteiger partial charge is 0.219 e. The van der Waals surface area contributed by atoms with Crippen LogP contribution in [0, 0.1) is 22.2 Å². The van der Waals surface area contributed by atoms with Crippen molar-refractivity contribution in [2.24, 2.45) is 22.2 Å². The summed E-state index contributed by atoms with van der Waals surface area (Å²) in [7, 11) is 0. The van der Waals surface area contributed by atoms with E-state index < -0.39 is 0 Å². The SMILES string of the molecule is C.CC(=O)N1CC(C(C)(C)C)C1.CC(C)(C)C1(C)CC1. The van der Waals surface area contributed by atoms with Crippen molar-refractivity contribution in [3.63, 3.8) is 0 Å². The minimum absolute atomic E-state index is 0. The van der Waals surface area contributed by atoms with Crippen LogP contribution in [-0.4, -0.2) is 23.9 Å². The van der Waals surface area contributed by atoms with Gasteiger partial charge in [0.25, 0.3) is 0 Å². The molecule has 1 heterocycles. The lowest BCUT2D eigenvalue weighted by molar-refractivity contribution is -0.137. The molecular weight excluding hydrogens is 246 g/mol. The maximum atomic E-state index is 10.8. The zero-order chi connectivity index (χ0) is 15.1. The molecule has 0 radical (unpaired) electrons. The van der Waals surface area contributed by atoms with Crippen LogP contribution in [0.25, 0.3) is 0 Å². The fourth-order valence-corrected chi connectivity index (χ4v) is 2.22. The molecule has 0 spiro atoms. The first-order valence-electron chi connectivity index (χ1n) is 7.62. The van der Waals surface area contributed by atoms with Gasteiger partial charge in [0.1, 0.15) is 0 Å². The summed E-state index contributed by atoms with van der Waals surface area (Å²) in [6.07, 6.45) is 2.88. The second-order valence-corrected chi connectivity index (χ2v) is 8.80. The number of likely N-dealkylation sites (tertiary alicyclic amines) is 1. The predicted molar refractivity (Wildman–Crippen MR) is 88.7 cm³/mol. The molecule has 0 aromatic carbocycles. The molecule has 0 aromatic heterocycles. The molecule has 0 bridgehead atoms. The second-order valence-electron chi connectivity index (χ2n) is 8.80. The average Bonchev–Trinajstić information content (AvgIpc) is 2.77. The van der Waals surface area contributed by atoms with E-state index in [0.717, 1.165) is 13.1 Å². The second kappa shape index (κ2) is 6.07. The maximum absolute atomic E-state index is 10.8. The highest BCUT2D eigenvalue weighted by Crippen LogP contribution is 2.57. The first-order chi connectivity index (χ1) is 8.37. The molecule has 1 saturated carbocycles. The molecule has 1 saturated heterocycles. The van der Waals surface area contributed by atoms with Crippen molar-refractivity contribution in [2.45, 2.75) is 75.7 Å². The van der Waals surface area contributed by atoms with Gasteiger partial charge in [-0.15, -0.1) is 0 Å². The molecule has 120 valence electrons. The van der Waals surface area contributed by atoms with Crippen molar-refractivity contribution in [3.8, 4) is 0 Å². The molecule has 1 aliphatic heterocycles. The van der Waals surface area contributed by atoms with Crippen LogP contribution in [0.4, 0.5) is 0 Å². The Morgan fingerprint density at radius 1 is 1.05 bits per heavy atom. The fraction of sp³-hybridized carbons (Fsp3) is 0.944. The van der Waals surface area contributed by atoms with Crippen LogP contribution in [-0.2, 0) is 4.79 Å². The third-order valence-electron chi connectivity index (χ3n) is 5.36. The van der Waals surface area contributed by atoms with Crippen LogP contribution in [0.3, 0.4) is 0 Å². The number of hydrogen-bond donors (Lipinski definition) is 0. The minimum Gasteiger partial charge on any atom is -0.342 e. The minimum atomic E-state index is 0. The van der Waals surface area contributed by atoms with E-state index in [0.29, 0.717) is 22.2 Å². The maximum Gasteiger partial charge on any atom is 0.219 e. The molecule has 0 aromatic rings. The van der Waals surface area contributed by atoms with E-state index in [-0.39, 0.29) is 13.3 Å². The van der Waals surface area contributed by atoms with E-state index in [1.807, 2.05) is 4.90 Å². The van der Waals surface area contributed by atoms with Crippen LogP contribution in [0.15, 0.2) is 0 Å². The highest BCUT2D eigenvalue weighted by molar-refractivity contribution is 5.74. The van der Waals surface area contributed by atoms with Crippen molar-refractivity contribution in [1.29, 1.82) is 0 Å². The van der Waals surface area contributed by atoms with Gasteiger partial charge in [-0.25, -0.2) is 0 Å². The number of hydrogen-bond acceptors (Lipinski definition) is 1. The standard InChI is InChI=1S/C9H17NO.C8H16.CH4/c1-7(11)10-5-8(6-10)9(2,3)4;1-7(2,3)8(4)5-6-8;/h8H,5-6H2,1-4H3;5-6H2,1-4H3;1H4. The van der Waals surface area contributed by atoms with Crippen LogP contribution < -0.4 is 0 Å². The van der Waals surface area contributed by atoms with Gasteiger partial charge >= 0.3 is 0 Å². The van der Waals surface area contributed by atoms with Gasteiger partial charge in [-0.05, 0) is 35.0 Å². The molecule has 1 amide bonds. The predicted octanol–water partition coefficient (Wildman–Crippen LogP) is 4.98. The third kappa shape index (κ3) is 4.79. The van der Waals surface area contributed by atoms with Crippen molar-refractivity contribution in [1.82, 2.24) is 4.90 Å². The number of carbonyl (C=O) groups excluding carboxylic acids is 1. The Balaban J connectivity index is 0.000000359. The highest BCUT2D eigenvalue weighted by atomic mass is 16.2. The van der Waals surface area contributed by atoms with Crippen LogP contribution in [0.1, 0.15) is 75.7 Å². The Hall–Kier alpha value is -0.530. The topological polar surface area (TPSA) is 20.3 Å². The van der Waals surface area contributed by atoms with Crippen LogP contribution >= 0.6 is 0 Å². The number of carbonyl (C=O) groups is 1. The number of amides is 1. The van der Waals surface area contributed by atoms with E-state index in [1.54, 1.807) is 6.92 Å². The monoisotopic (exact) mass is 283 g/mol. The van der Waals surface area contributed by atoms with Gasteiger partial charge in [0.15, 0.2) is 0 Å². The van der Waals surface area contributed by atoms with E-state index in [2.05, 4.69) is 48.5 Å². The Bertz CT molecular complexity index is 319. The normalized spacial score (nSPS) is 21.1. The lowest BCUT2D eigenvalue weighted by Crippen LogP contribution is -2.53. The van der Waals surface area contributed by atoms with Gasteiger partial charge in [0.05, 0.1) is 0 Å².